The molecule has 146 valence electrons. The minimum atomic E-state index is -4.73. The lowest BCUT2D eigenvalue weighted by molar-refractivity contribution is -0.137. The van der Waals surface area contributed by atoms with Crippen LogP contribution in [0.4, 0.5) is 18.9 Å². The molecule has 3 aliphatic rings. The van der Waals surface area contributed by atoms with Crippen molar-refractivity contribution in [1.82, 2.24) is 0 Å². The first-order valence-corrected chi connectivity index (χ1v) is 10.2. The number of rotatable bonds is 3. The summed E-state index contributed by atoms with van der Waals surface area (Å²) in [5.74, 6) is 0.0829. The lowest BCUT2D eigenvalue weighted by Crippen LogP contribution is -2.51. The van der Waals surface area contributed by atoms with Crippen molar-refractivity contribution in [3.63, 3.8) is 0 Å². The maximum absolute atomic E-state index is 13.5. The topological polar surface area (TPSA) is 70.4 Å². The van der Waals surface area contributed by atoms with Gasteiger partial charge in [-0.2, -0.15) is 18.4 Å². The number of halogens is 3. The SMILES string of the molecule is COC[C@@]12[C@@H]3CC[C@@H](C3)[C@@H]1CN(c1ccc(C#N)c(C(F)(F)F)c1)S2(=O)=O. The third-order valence-electron chi connectivity index (χ3n) is 6.58. The van der Waals surface area contributed by atoms with Crippen LogP contribution in [0.3, 0.4) is 0 Å². The zero-order valence-corrected chi connectivity index (χ0v) is 15.5. The van der Waals surface area contributed by atoms with Gasteiger partial charge in [0.2, 0.25) is 10.0 Å². The predicted octanol–water partition coefficient (Wildman–Crippen LogP) is 3.16. The summed E-state index contributed by atoms with van der Waals surface area (Å²) >= 11 is 0. The molecular formula is C18H19F3N2O3S. The molecule has 2 aliphatic carbocycles. The second kappa shape index (κ2) is 5.85. The number of nitriles is 1. The van der Waals surface area contributed by atoms with Crippen molar-refractivity contribution in [1.29, 1.82) is 5.26 Å². The summed E-state index contributed by atoms with van der Waals surface area (Å²) in [6, 6.07) is 4.63. The minimum absolute atomic E-state index is 0.0251. The van der Waals surface area contributed by atoms with Gasteiger partial charge in [0.1, 0.15) is 4.75 Å². The number of sulfonamides is 1. The van der Waals surface area contributed by atoms with E-state index in [1.165, 1.54) is 19.2 Å². The normalized spacial score (nSPS) is 33.9. The highest BCUT2D eigenvalue weighted by Crippen LogP contribution is 2.62. The standard InChI is InChI=1S/C18H19F3N2O3S/c1-26-10-17-13-4-2-11(6-13)16(17)9-23(27(17,24)25)14-5-3-12(8-22)15(7-14)18(19,20)21/h3,5,7,11,13,16H,2,4,6,9-10H2,1H3/t11-,13+,16-,17+/m0/s1. The van der Waals surface area contributed by atoms with Crippen LogP contribution in [0.15, 0.2) is 18.2 Å². The average molecular weight is 400 g/mol. The molecule has 27 heavy (non-hydrogen) atoms. The van der Waals surface area contributed by atoms with E-state index in [9.17, 15) is 21.6 Å². The molecule has 0 unspecified atom stereocenters. The average Bonchev–Trinajstić information content (AvgIpc) is 3.25. The van der Waals surface area contributed by atoms with Crippen LogP contribution in [-0.4, -0.2) is 33.4 Å². The van der Waals surface area contributed by atoms with Gasteiger partial charge < -0.3 is 4.74 Å². The van der Waals surface area contributed by atoms with E-state index in [0.717, 1.165) is 35.7 Å². The summed E-state index contributed by atoms with van der Waals surface area (Å²) in [5, 5.41) is 8.96. The van der Waals surface area contributed by atoms with Gasteiger partial charge in [-0.25, -0.2) is 8.42 Å². The number of alkyl halides is 3. The monoisotopic (exact) mass is 400 g/mol. The van der Waals surface area contributed by atoms with Crippen molar-refractivity contribution < 1.29 is 26.3 Å². The van der Waals surface area contributed by atoms with Crippen LogP contribution in [0.5, 0.6) is 0 Å². The maximum atomic E-state index is 13.5. The van der Waals surface area contributed by atoms with Crippen LogP contribution in [-0.2, 0) is 20.9 Å². The molecule has 3 fully saturated rings. The van der Waals surface area contributed by atoms with Gasteiger partial charge in [-0.1, -0.05) is 0 Å². The Kier molecular flexibility index (Phi) is 4.02. The van der Waals surface area contributed by atoms with Crippen molar-refractivity contribution in [2.24, 2.45) is 17.8 Å². The van der Waals surface area contributed by atoms with E-state index in [1.54, 1.807) is 0 Å². The highest BCUT2D eigenvalue weighted by Gasteiger charge is 2.70. The summed E-state index contributed by atoms with van der Waals surface area (Å²) < 4.78 is 72.3. The van der Waals surface area contributed by atoms with Crippen LogP contribution in [0.25, 0.3) is 0 Å². The molecule has 1 aromatic carbocycles. The molecule has 1 saturated heterocycles. The van der Waals surface area contributed by atoms with Crippen LogP contribution >= 0.6 is 0 Å². The Bertz CT molecular complexity index is 925. The van der Waals surface area contributed by atoms with E-state index in [1.807, 2.05) is 0 Å². The summed E-state index contributed by atoms with van der Waals surface area (Å²) in [7, 11) is -2.44. The molecule has 2 bridgehead atoms. The fraction of sp³-hybridized carbons (Fsp3) is 0.611. The molecular weight excluding hydrogens is 381 g/mol. The first-order valence-electron chi connectivity index (χ1n) is 8.79. The van der Waals surface area contributed by atoms with Crippen molar-refractivity contribution >= 4 is 15.7 Å². The summed E-state index contributed by atoms with van der Waals surface area (Å²) in [6.07, 6.45) is -2.14. The predicted molar refractivity (Wildman–Crippen MR) is 91.4 cm³/mol. The van der Waals surface area contributed by atoms with Gasteiger partial charge in [-0.3, -0.25) is 4.31 Å². The van der Waals surface area contributed by atoms with E-state index < -0.39 is 32.1 Å². The number of hydrogen-bond acceptors (Lipinski definition) is 4. The van der Waals surface area contributed by atoms with Crippen molar-refractivity contribution in [3.05, 3.63) is 29.3 Å². The Labute approximate surface area is 155 Å². The van der Waals surface area contributed by atoms with Gasteiger partial charge >= 0.3 is 6.18 Å². The van der Waals surface area contributed by atoms with Gasteiger partial charge in [-0.05, 0) is 49.3 Å². The van der Waals surface area contributed by atoms with Gasteiger partial charge in [-0.15, -0.1) is 0 Å². The summed E-state index contributed by atoms with van der Waals surface area (Å²) in [5.41, 5.74) is -1.67. The van der Waals surface area contributed by atoms with Crippen LogP contribution in [0, 0.1) is 29.1 Å². The first-order chi connectivity index (χ1) is 12.7. The Morgan fingerprint density at radius 1 is 1.37 bits per heavy atom. The Morgan fingerprint density at radius 3 is 2.74 bits per heavy atom. The van der Waals surface area contributed by atoms with Gasteiger partial charge in [0.25, 0.3) is 0 Å². The van der Waals surface area contributed by atoms with Crippen LogP contribution < -0.4 is 4.31 Å². The smallest absolute Gasteiger partial charge is 0.383 e. The van der Waals surface area contributed by atoms with Gasteiger partial charge in [0.05, 0.1) is 29.5 Å². The summed E-state index contributed by atoms with van der Waals surface area (Å²) in [6.45, 7) is 0.218. The molecule has 4 rings (SSSR count). The number of ether oxygens (including phenoxy) is 1. The fourth-order valence-electron chi connectivity index (χ4n) is 5.50. The van der Waals surface area contributed by atoms with E-state index in [4.69, 9.17) is 10.00 Å². The third-order valence-corrected chi connectivity index (χ3v) is 9.24. The number of anilines is 1. The fourth-order valence-corrected chi connectivity index (χ4v) is 8.21. The first kappa shape index (κ1) is 18.6. The summed E-state index contributed by atoms with van der Waals surface area (Å²) in [4.78, 5) is 0. The van der Waals surface area contributed by atoms with Crippen LogP contribution in [0.1, 0.15) is 30.4 Å². The van der Waals surface area contributed by atoms with Crippen molar-refractivity contribution in [3.8, 4) is 6.07 Å². The molecule has 0 amide bonds. The molecule has 2 saturated carbocycles. The zero-order chi connectivity index (χ0) is 19.6. The molecule has 0 N–H and O–H groups in total. The van der Waals surface area contributed by atoms with Crippen LogP contribution in [0.2, 0.25) is 0 Å². The number of nitrogens with zero attached hydrogens (tertiary/aromatic N) is 2. The molecule has 4 atom stereocenters. The lowest BCUT2D eigenvalue weighted by atomic mass is 9.79. The quantitative estimate of drug-likeness (QED) is 0.782. The molecule has 5 nitrogen and oxygen atoms in total. The second-order valence-electron chi connectivity index (χ2n) is 7.64. The molecule has 0 radical (unpaired) electrons. The van der Waals surface area contributed by atoms with E-state index in [2.05, 4.69) is 0 Å². The molecule has 0 spiro atoms. The largest absolute Gasteiger partial charge is 0.417 e. The number of benzene rings is 1. The number of methoxy groups -OCH3 is 1. The Balaban J connectivity index is 1.82. The second-order valence-corrected chi connectivity index (χ2v) is 9.79. The number of fused-ring (bicyclic) bond motifs is 5. The Hall–Kier alpha value is -1.79. The highest BCUT2D eigenvalue weighted by molar-refractivity contribution is 7.94. The molecule has 1 heterocycles. The molecule has 9 heteroatoms. The third kappa shape index (κ3) is 2.36. The minimum Gasteiger partial charge on any atom is -0.383 e. The molecule has 0 aromatic heterocycles. The molecule has 1 aromatic rings. The Morgan fingerprint density at radius 2 is 2.11 bits per heavy atom. The van der Waals surface area contributed by atoms with E-state index in [0.29, 0.717) is 0 Å². The van der Waals surface area contributed by atoms with Gasteiger partial charge in [0, 0.05) is 19.6 Å². The maximum Gasteiger partial charge on any atom is 0.417 e. The van der Waals surface area contributed by atoms with Crippen molar-refractivity contribution in [2.45, 2.75) is 30.2 Å². The zero-order valence-electron chi connectivity index (χ0n) is 14.7. The highest BCUT2D eigenvalue weighted by atomic mass is 32.2. The number of hydrogen-bond donors (Lipinski definition) is 0. The molecule has 1 aliphatic heterocycles. The van der Waals surface area contributed by atoms with Crippen molar-refractivity contribution in [2.75, 3.05) is 24.6 Å². The van der Waals surface area contributed by atoms with Gasteiger partial charge in [0.15, 0.2) is 0 Å². The van der Waals surface area contributed by atoms with E-state index >= 15 is 0 Å². The lowest BCUT2D eigenvalue weighted by Gasteiger charge is -2.36. The van der Waals surface area contributed by atoms with E-state index in [-0.39, 0.29) is 36.6 Å².